The number of esters is 1. The summed E-state index contributed by atoms with van der Waals surface area (Å²) in [6.45, 7) is 3.70. The molecule has 1 aliphatic heterocycles. The molecule has 1 atom stereocenters. The minimum absolute atomic E-state index is 0.105. The number of ether oxygens (including phenoxy) is 1. The molecule has 0 amide bonds. The lowest BCUT2D eigenvalue weighted by Gasteiger charge is -2.24. The molecular formula is C23H20N2O4S. The number of phenolic OH excluding ortho intramolecular Hbond substituents is 1. The Kier molecular flexibility index (Phi) is 5.37. The van der Waals surface area contributed by atoms with E-state index in [-0.39, 0.29) is 17.9 Å². The van der Waals surface area contributed by atoms with Gasteiger partial charge in [0, 0.05) is 0 Å². The van der Waals surface area contributed by atoms with Crippen molar-refractivity contribution in [2.24, 2.45) is 4.99 Å². The molecule has 1 aliphatic rings. The van der Waals surface area contributed by atoms with E-state index in [4.69, 9.17) is 4.74 Å². The fraction of sp³-hybridized carbons (Fsp3) is 0.174. The Morgan fingerprint density at radius 3 is 2.57 bits per heavy atom. The molecule has 4 rings (SSSR count). The van der Waals surface area contributed by atoms with Gasteiger partial charge in [0.1, 0.15) is 5.75 Å². The largest absolute Gasteiger partial charge is 0.508 e. The minimum atomic E-state index is -0.682. The van der Waals surface area contributed by atoms with Crippen LogP contribution in [0.2, 0.25) is 0 Å². The topological polar surface area (TPSA) is 80.9 Å². The number of nitrogens with zero attached hydrogens (tertiary/aromatic N) is 2. The van der Waals surface area contributed by atoms with Gasteiger partial charge >= 0.3 is 5.97 Å². The van der Waals surface area contributed by atoms with E-state index in [1.165, 1.54) is 28.0 Å². The van der Waals surface area contributed by atoms with E-state index in [1.807, 2.05) is 36.4 Å². The molecule has 1 aromatic heterocycles. The van der Waals surface area contributed by atoms with E-state index in [0.29, 0.717) is 26.2 Å². The standard InChI is InChI=1S/C23H20N2O4S/c1-3-29-22(28)19-14(2)24-23-25(20(19)16-9-11-17(26)12-10-16)21(27)18(30-23)13-15-7-5-4-6-8-15/h4-13,20,26H,3H2,1-2H3/b18-13-/t20-/m0/s1. The fourth-order valence-corrected chi connectivity index (χ4v) is 4.51. The molecule has 0 saturated heterocycles. The zero-order valence-corrected chi connectivity index (χ0v) is 17.3. The number of hydrogen-bond acceptors (Lipinski definition) is 6. The first kappa shape index (κ1) is 19.8. The Morgan fingerprint density at radius 2 is 1.90 bits per heavy atom. The summed E-state index contributed by atoms with van der Waals surface area (Å²) in [4.78, 5) is 31.2. The van der Waals surface area contributed by atoms with Crippen LogP contribution in [0.1, 0.15) is 31.0 Å². The van der Waals surface area contributed by atoms with E-state index in [1.54, 1.807) is 26.0 Å². The van der Waals surface area contributed by atoms with Crippen LogP contribution in [-0.2, 0) is 9.53 Å². The predicted molar refractivity (Wildman–Crippen MR) is 115 cm³/mol. The highest BCUT2D eigenvalue weighted by Crippen LogP contribution is 2.31. The Morgan fingerprint density at radius 1 is 1.20 bits per heavy atom. The maximum absolute atomic E-state index is 13.4. The summed E-state index contributed by atoms with van der Waals surface area (Å²) in [5.74, 6) is -0.400. The second kappa shape index (κ2) is 8.12. The van der Waals surface area contributed by atoms with Gasteiger partial charge in [-0.05, 0) is 43.2 Å². The molecule has 0 fully saturated rings. The molecule has 1 N–H and O–H groups in total. The van der Waals surface area contributed by atoms with Crippen LogP contribution in [0, 0.1) is 0 Å². The number of thiazole rings is 1. The van der Waals surface area contributed by atoms with Crippen LogP contribution in [0.4, 0.5) is 0 Å². The SMILES string of the molecule is CCOC(=O)C1=C(C)N=c2s/c(=C\c3ccccc3)c(=O)n2[C@H]1c1ccc(O)cc1. The van der Waals surface area contributed by atoms with Crippen molar-refractivity contribution < 1.29 is 14.6 Å². The van der Waals surface area contributed by atoms with Gasteiger partial charge < -0.3 is 9.84 Å². The van der Waals surface area contributed by atoms with Gasteiger partial charge in [-0.25, -0.2) is 9.79 Å². The highest BCUT2D eigenvalue weighted by atomic mass is 32.1. The Bertz CT molecular complexity index is 1300. The molecule has 0 aliphatic carbocycles. The van der Waals surface area contributed by atoms with Crippen LogP contribution in [0.15, 0.2) is 75.7 Å². The molecule has 7 heteroatoms. The molecule has 0 saturated carbocycles. The van der Waals surface area contributed by atoms with Gasteiger partial charge in [0.15, 0.2) is 4.80 Å². The quantitative estimate of drug-likeness (QED) is 0.658. The summed E-state index contributed by atoms with van der Waals surface area (Å²) in [6, 6.07) is 15.4. The lowest BCUT2D eigenvalue weighted by Crippen LogP contribution is -2.39. The van der Waals surface area contributed by atoms with Crippen LogP contribution in [-0.4, -0.2) is 22.2 Å². The first-order valence-corrected chi connectivity index (χ1v) is 10.3. The van der Waals surface area contributed by atoms with Crippen LogP contribution in [0.3, 0.4) is 0 Å². The van der Waals surface area contributed by atoms with Gasteiger partial charge in [-0.15, -0.1) is 0 Å². The van der Waals surface area contributed by atoms with E-state index in [0.717, 1.165) is 5.56 Å². The number of aromatic hydroxyl groups is 1. The molecule has 0 radical (unpaired) electrons. The van der Waals surface area contributed by atoms with Crippen molar-refractivity contribution in [3.05, 3.63) is 96.7 Å². The number of hydrogen-bond donors (Lipinski definition) is 1. The van der Waals surface area contributed by atoms with E-state index >= 15 is 0 Å². The average molecular weight is 420 g/mol. The fourth-order valence-electron chi connectivity index (χ4n) is 3.46. The van der Waals surface area contributed by atoms with Gasteiger partial charge in [0.05, 0.1) is 28.5 Å². The lowest BCUT2D eigenvalue weighted by atomic mass is 9.96. The molecule has 0 unspecified atom stereocenters. The molecule has 152 valence electrons. The average Bonchev–Trinajstić information content (AvgIpc) is 3.03. The van der Waals surface area contributed by atoms with Crippen molar-refractivity contribution in [1.29, 1.82) is 0 Å². The Balaban J connectivity index is 1.96. The predicted octanol–water partition coefficient (Wildman–Crippen LogP) is 2.50. The van der Waals surface area contributed by atoms with Gasteiger partial charge in [-0.2, -0.15) is 0 Å². The second-order valence-corrected chi connectivity index (χ2v) is 7.81. The van der Waals surface area contributed by atoms with E-state index in [2.05, 4.69) is 4.99 Å². The highest BCUT2D eigenvalue weighted by molar-refractivity contribution is 7.07. The molecule has 30 heavy (non-hydrogen) atoms. The van der Waals surface area contributed by atoms with Gasteiger partial charge in [-0.3, -0.25) is 9.36 Å². The third-order valence-corrected chi connectivity index (χ3v) is 5.81. The molecule has 2 aromatic carbocycles. The van der Waals surface area contributed by atoms with Crippen LogP contribution in [0.25, 0.3) is 6.08 Å². The summed E-state index contributed by atoms with van der Waals surface area (Å²) in [7, 11) is 0. The number of aromatic nitrogens is 1. The molecule has 0 bridgehead atoms. The summed E-state index contributed by atoms with van der Waals surface area (Å²) in [6.07, 6.45) is 1.82. The third-order valence-electron chi connectivity index (χ3n) is 4.82. The third kappa shape index (κ3) is 3.59. The molecule has 6 nitrogen and oxygen atoms in total. The molecule has 2 heterocycles. The molecular weight excluding hydrogens is 400 g/mol. The minimum Gasteiger partial charge on any atom is -0.508 e. The number of allylic oxidation sites excluding steroid dienone is 1. The number of rotatable bonds is 4. The van der Waals surface area contributed by atoms with Crippen molar-refractivity contribution in [3.8, 4) is 5.75 Å². The monoisotopic (exact) mass is 420 g/mol. The maximum atomic E-state index is 13.4. The summed E-state index contributed by atoms with van der Waals surface area (Å²) in [5, 5.41) is 9.69. The Labute approximate surface area is 176 Å². The second-order valence-electron chi connectivity index (χ2n) is 6.80. The van der Waals surface area contributed by atoms with Gasteiger partial charge in [0.2, 0.25) is 0 Å². The molecule has 0 spiro atoms. The summed E-state index contributed by atoms with van der Waals surface area (Å²) in [5.41, 5.74) is 2.21. The van der Waals surface area contributed by atoms with Crippen LogP contribution >= 0.6 is 11.3 Å². The van der Waals surface area contributed by atoms with Crippen LogP contribution in [0.5, 0.6) is 5.75 Å². The van der Waals surface area contributed by atoms with Crippen molar-refractivity contribution >= 4 is 23.4 Å². The van der Waals surface area contributed by atoms with Crippen molar-refractivity contribution in [1.82, 2.24) is 4.57 Å². The van der Waals surface area contributed by atoms with Crippen molar-refractivity contribution in [2.75, 3.05) is 6.61 Å². The van der Waals surface area contributed by atoms with Gasteiger partial charge in [0.25, 0.3) is 5.56 Å². The molecule has 3 aromatic rings. The number of carbonyl (C=O) groups is 1. The summed E-state index contributed by atoms with van der Waals surface area (Å²) >= 11 is 1.28. The number of phenols is 1. The van der Waals surface area contributed by atoms with E-state index < -0.39 is 12.0 Å². The zero-order chi connectivity index (χ0) is 21.3. The first-order chi connectivity index (χ1) is 14.5. The smallest absolute Gasteiger partial charge is 0.338 e. The maximum Gasteiger partial charge on any atom is 0.338 e. The number of carbonyl (C=O) groups excluding carboxylic acids is 1. The van der Waals surface area contributed by atoms with E-state index in [9.17, 15) is 14.7 Å². The normalized spacial score (nSPS) is 16.2. The number of benzene rings is 2. The van der Waals surface area contributed by atoms with Gasteiger partial charge in [-0.1, -0.05) is 53.8 Å². The summed E-state index contributed by atoms with van der Waals surface area (Å²) < 4.78 is 7.32. The van der Waals surface area contributed by atoms with Crippen molar-refractivity contribution in [2.45, 2.75) is 19.9 Å². The number of fused-ring (bicyclic) bond motifs is 1. The van der Waals surface area contributed by atoms with Crippen molar-refractivity contribution in [3.63, 3.8) is 0 Å². The lowest BCUT2D eigenvalue weighted by molar-refractivity contribution is -0.139. The highest BCUT2D eigenvalue weighted by Gasteiger charge is 2.33. The first-order valence-electron chi connectivity index (χ1n) is 9.53. The zero-order valence-electron chi connectivity index (χ0n) is 16.5. The Hall–Kier alpha value is -3.45. The van der Waals surface area contributed by atoms with Crippen LogP contribution < -0.4 is 14.9 Å².